The number of nitrogens with zero attached hydrogens (tertiary/aromatic N) is 2. The van der Waals surface area contributed by atoms with Crippen molar-refractivity contribution in [3.05, 3.63) is 90.0 Å². The molecule has 0 atom stereocenters. The van der Waals surface area contributed by atoms with Crippen LogP contribution in [0.3, 0.4) is 0 Å². The molecule has 7 heteroatoms. The summed E-state index contributed by atoms with van der Waals surface area (Å²) >= 11 is 0. The number of anilines is 3. The van der Waals surface area contributed by atoms with Crippen LogP contribution in [0.1, 0.15) is 34.6 Å². The number of hydrogen-bond acceptors (Lipinski definition) is 4. The van der Waals surface area contributed by atoms with Crippen molar-refractivity contribution in [2.45, 2.75) is 13.8 Å². The zero-order chi connectivity index (χ0) is 24.5. The third-order valence-corrected chi connectivity index (χ3v) is 5.48. The molecule has 3 aromatic carbocycles. The molecule has 0 aliphatic carbocycles. The molecule has 3 rings (SSSR count). The van der Waals surface area contributed by atoms with Gasteiger partial charge in [-0.1, -0.05) is 24.3 Å². The van der Waals surface area contributed by atoms with E-state index in [4.69, 9.17) is 0 Å². The van der Waals surface area contributed by atoms with E-state index >= 15 is 0 Å². The molecule has 0 aliphatic heterocycles. The maximum atomic E-state index is 12.8. The number of nitrogens with one attached hydrogen (secondary N) is 2. The molecule has 7 nitrogen and oxygen atoms in total. The summed E-state index contributed by atoms with van der Waals surface area (Å²) < 4.78 is 0. The number of carbonyl (C=O) groups excluding carboxylic acids is 3. The average Bonchev–Trinajstić information content (AvgIpc) is 2.88. The Kier molecular flexibility index (Phi) is 8.40. The molecule has 0 unspecified atom stereocenters. The maximum Gasteiger partial charge on any atom is 0.258 e. The first-order chi connectivity index (χ1) is 16.4. The minimum atomic E-state index is -0.246. The van der Waals surface area contributed by atoms with Gasteiger partial charge in [0.05, 0.1) is 6.54 Å². The minimum Gasteiger partial charge on any atom is -0.376 e. The first-order valence-corrected chi connectivity index (χ1v) is 11.3. The van der Waals surface area contributed by atoms with Crippen LogP contribution in [0.2, 0.25) is 0 Å². The second-order valence-corrected chi connectivity index (χ2v) is 7.74. The fourth-order valence-electron chi connectivity index (χ4n) is 3.50. The van der Waals surface area contributed by atoms with E-state index in [0.717, 1.165) is 11.4 Å². The van der Waals surface area contributed by atoms with Gasteiger partial charge in [-0.3, -0.25) is 14.4 Å². The summed E-state index contributed by atoms with van der Waals surface area (Å²) in [6, 6.07) is 23.3. The number of rotatable bonds is 9. The van der Waals surface area contributed by atoms with Gasteiger partial charge in [0.1, 0.15) is 0 Å². The largest absolute Gasteiger partial charge is 0.376 e. The topological polar surface area (TPSA) is 81.8 Å². The molecule has 0 aromatic heterocycles. The molecule has 0 bridgehead atoms. The normalized spacial score (nSPS) is 10.3. The van der Waals surface area contributed by atoms with Gasteiger partial charge in [-0.05, 0) is 68.4 Å². The number of amides is 3. The van der Waals surface area contributed by atoms with E-state index in [2.05, 4.69) is 10.6 Å². The SMILES string of the molecule is CCN(CC)C(=O)c1ccc(NCC(=O)Nc2cccc(C(=O)N(C)c3ccccc3)c2)cc1. The molecule has 2 N–H and O–H groups in total. The van der Waals surface area contributed by atoms with E-state index in [1.807, 2.05) is 44.2 Å². The lowest BCUT2D eigenvalue weighted by molar-refractivity contribution is -0.114. The summed E-state index contributed by atoms with van der Waals surface area (Å²) in [5.74, 6) is -0.425. The van der Waals surface area contributed by atoms with Crippen molar-refractivity contribution in [2.24, 2.45) is 0 Å². The molecule has 0 fully saturated rings. The van der Waals surface area contributed by atoms with Crippen LogP contribution in [0, 0.1) is 0 Å². The Morgan fingerprint density at radius 1 is 0.735 bits per heavy atom. The lowest BCUT2D eigenvalue weighted by Gasteiger charge is -2.18. The molecular weight excluding hydrogens is 428 g/mol. The van der Waals surface area contributed by atoms with Crippen LogP contribution in [0.5, 0.6) is 0 Å². The fourth-order valence-corrected chi connectivity index (χ4v) is 3.50. The van der Waals surface area contributed by atoms with Crippen molar-refractivity contribution in [2.75, 3.05) is 42.2 Å². The summed E-state index contributed by atoms with van der Waals surface area (Å²) in [7, 11) is 1.72. The standard InChI is InChI=1S/C27H30N4O3/c1-4-31(5-2)27(34)20-14-16-22(17-15-20)28-19-25(32)29-23-11-9-10-21(18-23)26(33)30(3)24-12-7-6-8-13-24/h6-18,28H,4-5,19H2,1-3H3,(H,29,32). The lowest BCUT2D eigenvalue weighted by Crippen LogP contribution is -2.30. The smallest absolute Gasteiger partial charge is 0.258 e. The van der Waals surface area contributed by atoms with Crippen LogP contribution in [-0.4, -0.2) is 49.3 Å². The summed E-state index contributed by atoms with van der Waals surface area (Å²) in [6.07, 6.45) is 0. The second kappa shape index (κ2) is 11.7. The van der Waals surface area contributed by atoms with Gasteiger partial charge in [-0.25, -0.2) is 0 Å². The summed E-state index contributed by atoms with van der Waals surface area (Å²) in [6.45, 7) is 5.26. The Balaban J connectivity index is 1.56. The lowest BCUT2D eigenvalue weighted by atomic mass is 10.1. The highest BCUT2D eigenvalue weighted by molar-refractivity contribution is 6.06. The Labute approximate surface area is 200 Å². The van der Waals surface area contributed by atoms with Gasteiger partial charge in [0.15, 0.2) is 0 Å². The molecule has 0 radical (unpaired) electrons. The van der Waals surface area contributed by atoms with E-state index in [0.29, 0.717) is 29.9 Å². The van der Waals surface area contributed by atoms with Crippen molar-refractivity contribution in [3.8, 4) is 0 Å². The van der Waals surface area contributed by atoms with Gasteiger partial charge in [0, 0.05) is 48.3 Å². The fraction of sp³-hybridized carbons (Fsp3) is 0.222. The highest BCUT2D eigenvalue weighted by Crippen LogP contribution is 2.18. The van der Waals surface area contributed by atoms with E-state index in [1.54, 1.807) is 65.4 Å². The third-order valence-electron chi connectivity index (χ3n) is 5.48. The first-order valence-electron chi connectivity index (χ1n) is 11.3. The Morgan fingerprint density at radius 2 is 1.41 bits per heavy atom. The summed E-state index contributed by atoms with van der Waals surface area (Å²) in [5, 5.41) is 5.87. The average molecular weight is 459 g/mol. The van der Waals surface area contributed by atoms with Crippen molar-refractivity contribution < 1.29 is 14.4 Å². The molecule has 0 saturated carbocycles. The van der Waals surface area contributed by atoms with Crippen LogP contribution < -0.4 is 15.5 Å². The predicted molar refractivity (Wildman–Crippen MR) is 136 cm³/mol. The molecule has 0 spiro atoms. The van der Waals surface area contributed by atoms with Crippen LogP contribution in [0.15, 0.2) is 78.9 Å². The monoisotopic (exact) mass is 458 g/mol. The zero-order valence-corrected chi connectivity index (χ0v) is 19.7. The number of para-hydroxylation sites is 1. The number of benzene rings is 3. The molecule has 3 amide bonds. The Hall–Kier alpha value is -4.13. The van der Waals surface area contributed by atoms with Gasteiger partial charge in [0.2, 0.25) is 5.91 Å². The predicted octanol–water partition coefficient (Wildman–Crippen LogP) is 4.50. The van der Waals surface area contributed by atoms with Crippen molar-refractivity contribution in [1.29, 1.82) is 0 Å². The molecule has 0 aliphatic rings. The van der Waals surface area contributed by atoms with Crippen LogP contribution >= 0.6 is 0 Å². The second-order valence-electron chi connectivity index (χ2n) is 7.74. The van der Waals surface area contributed by atoms with Crippen molar-refractivity contribution in [3.63, 3.8) is 0 Å². The molecular formula is C27H30N4O3. The highest BCUT2D eigenvalue weighted by atomic mass is 16.2. The van der Waals surface area contributed by atoms with Gasteiger partial charge in [-0.15, -0.1) is 0 Å². The van der Waals surface area contributed by atoms with Crippen molar-refractivity contribution >= 4 is 34.8 Å². The van der Waals surface area contributed by atoms with Crippen molar-refractivity contribution in [1.82, 2.24) is 4.90 Å². The number of carbonyl (C=O) groups is 3. The minimum absolute atomic E-state index is 0.0124. The summed E-state index contributed by atoms with van der Waals surface area (Å²) in [4.78, 5) is 41.0. The molecule has 0 saturated heterocycles. The van der Waals surface area contributed by atoms with E-state index < -0.39 is 0 Å². The zero-order valence-electron chi connectivity index (χ0n) is 19.7. The van der Waals surface area contributed by atoms with Gasteiger partial charge < -0.3 is 20.4 Å². The molecule has 0 heterocycles. The van der Waals surface area contributed by atoms with Crippen LogP contribution in [-0.2, 0) is 4.79 Å². The first kappa shape index (κ1) is 24.5. The van der Waals surface area contributed by atoms with Gasteiger partial charge >= 0.3 is 0 Å². The molecule has 34 heavy (non-hydrogen) atoms. The van der Waals surface area contributed by atoms with Crippen LogP contribution in [0.4, 0.5) is 17.1 Å². The van der Waals surface area contributed by atoms with Gasteiger partial charge in [-0.2, -0.15) is 0 Å². The highest BCUT2D eigenvalue weighted by Gasteiger charge is 2.15. The Morgan fingerprint density at radius 3 is 2.06 bits per heavy atom. The quantitative estimate of drug-likeness (QED) is 0.495. The summed E-state index contributed by atoms with van der Waals surface area (Å²) in [5.41, 5.74) is 3.15. The van der Waals surface area contributed by atoms with Gasteiger partial charge in [0.25, 0.3) is 11.8 Å². The van der Waals surface area contributed by atoms with E-state index in [-0.39, 0.29) is 24.3 Å². The van der Waals surface area contributed by atoms with E-state index in [1.165, 1.54) is 0 Å². The van der Waals surface area contributed by atoms with E-state index in [9.17, 15) is 14.4 Å². The molecule has 176 valence electrons. The maximum absolute atomic E-state index is 12.8. The van der Waals surface area contributed by atoms with Crippen LogP contribution in [0.25, 0.3) is 0 Å². The molecule has 3 aromatic rings. The number of hydrogen-bond donors (Lipinski definition) is 2. The Bertz CT molecular complexity index is 1130. The third kappa shape index (κ3) is 6.22.